The number of imidazole rings is 1. The molecule has 0 amide bonds. The number of nitrogens with zero attached hydrogens (tertiary/aromatic N) is 3. The minimum atomic E-state index is -3.49. The van der Waals surface area contributed by atoms with Gasteiger partial charge in [0.25, 0.3) is 5.56 Å². The number of aryl methyl sites for hydroxylation is 2. The van der Waals surface area contributed by atoms with Crippen molar-refractivity contribution >= 4 is 37.6 Å². The number of sulfonamides is 1. The van der Waals surface area contributed by atoms with Gasteiger partial charge in [0.2, 0.25) is 10.0 Å². The molecule has 5 aromatic rings. The largest absolute Gasteiger partial charge is 0.345 e. The molecule has 168 valence electrons. The fourth-order valence-corrected chi connectivity index (χ4v) is 4.78. The molecule has 2 aromatic carbocycles. The van der Waals surface area contributed by atoms with E-state index in [1.165, 1.54) is 5.56 Å². The lowest BCUT2D eigenvalue weighted by atomic mass is 10.1. The molecule has 9 heteroatoms. The van der Waals surface area contributed by atoms with Crippen molar-refractivity contribution in [1.29, 1.82) is 0 Å². The van der Waals surface area contributed by atoms with E-state index in [2.05, 4.69) is 38.5 Å². The smallest absolute Gasteiger partial charge is 0.272 e. The molecule has 0 unspecified atom stereocenters. The number of rotatable bonds is 5. The quantitative estimate of drug-likeness (QED) is 0.417. The SMILES string of the molecule is Cc1ccc(Cn2c(-c3cn(C)c4c(=O)[nH]ccc34)nc3c(NS(C)(=O)=O)cccc32)cc1. The summed E-state index contributed by atoms with van der Waals surface area (Å²) in [5.41, 5.74) is 5.18. The third-order valence-electron chi connectivity index (χ3n) is 5.68. The van der Waals surface area contributed by atoms with Crippen molar-refractivity contribution in [3.8, 4) is 11.4 Å². The number of hydrogen-bond acceptors (Lipinski definition) is 4. The number of aromatic nitrogens is 4. The van der Waals surface area contributed by atoms with E-state index >= 15 is 0 Å². The molecule has 0 bridgehead atoms. The van der Waals surface area contributed by atoms with Crippen LogP contribution in [0, 0.1) is 6.92 Å². The van der Waals surface area contributed by atoms with Gasteiger partial charge in [-0.15, -0.1) is 0 Å². The van der Waals surface area contributed by atoms with E-state index in [4.69, 9.17) is 4.98 Å². The highest BCUT2D eigenvalue weighted by molar-refractivity contribution is 7.92. The molecule has 0 spiro atoms. The number of benzene rings is 2. The zero-order valence-corrected chi connectivity index (χ0v) is 19.3. The summed E-state index contributed by atoms with van der Waals surface area (Å²) in [4.78, 5) is 20.1. The van der Waals surface area contributed by atoms with E-state index in [9.17, 15) is 13.2 Å². The second-order valence-corrected chi connectivity index (χ2v) is 10.0. The molecule has 0 aliphatic carbocycles. The molecule has 3 heterocycles. The highest BCUT2D eigenvalue weighted by Gasteiger charge is 2.21. The van der Waals surface area contributed by atoms with Crippen molar-refractivity contribution in [3.05, 3.63) is 82.4 Å². The summed E-state index contributed by atoms with van der Waals surface area (Å²) in [5.74, 6) is 0.657. The molecule has 8 nitrogen and oxygen atoms in total. The molecule has 0 saturated carbocycles. The summed E-state index contributed by atoms with van der Waals surface area (Å²) in [6, 6.07) is 15.5. The Morgan fingerprint density at radius 1 is 1.09 bits per heavy atom. The average molecular weight is 462 g/mol. The average Bonchev–Trinajstić information content (AvgIpc) is 3.28. The molecule has 0 saturated heterocycles. The minimum Gasteiger partial charge on any atom is -0.345 e. The second-order valence-electron chi connectivity index (χ2n) is 8.28. The van der Waals surface area contributed by atoms with Gasteiger partial charge in [0.05, 0.1) is 17.5 Å². The summed E-state index contributed by atoms with van der Waals surface area (Å²) in [7, 11) is -1.66. The Hall–Kier alpha value is -3.85. The molecule has 33 heavy (non-hydrogen) atoms. The lowest BCUT2D eigenvalue weighted by Crippen LogP contribution is -2.09. The molecule has 0 atom stereocenters. The Kier molecular flexibility index (Phi) is 4.86. The van der Waals surface area contributed by atoms with E-state index in [-0.39, 0.29) is 5.56 Å². The van der Waals surface area contributed by atoms with Crippen LogP contribution in [0.1, 0.15) is 11.1 Å². The van der Waals surface area contributed by atoms with Crippen LogP contribution in [0.25, 0.3) is 33.3 Å². The summed E-state index contributed by atoms with van der Waals surface area (Å²) >= 11 is 0. The van der Waals surface area contributed by atoms with E-state index in [0.29, 0.717) is 29.1 Å². The summed E-state index contributed by atoms with van der Waals surface area (Å²) < 4.78 is 30.3. The monoisotopic (exact) mass is 461 g/mol. The van der Waals surface area contributed by atoms with E-state index in [1.807, 2.05) is 32.3 Å². The summed E-state index contributed by atoms with van der Waals surface area (Å²) in [6.07, 6.45) is 4.63. The first-order chi connectivity index (χ1) is 15.7. The number of para-hydroxylation sites is 1. The highest BCUT2D eigenvalue weighted by atomic mass is 32.2. The van der Waals surface area contributed by atoms with Crippen LogP contribution < -0.4 is 10.3 Å². The van der Waals surface area contributed by atoms with Gasteiger partial charge in [-0.1, -0.05) is 35.9 Å². The van der Waals surface area contributed by atoms with E-state index in [0.717, 1.165) is 28.3 Å². The third-order valence-corrected chi connectivity index (χ3v) is 6.27. The van der Waals surface area contributed by atoms with Gasteiger partial charge in [0, 0.05) is 36.9 Å². The predicted octanol–water partition coefficient (Wildman–Crippen LogP) is 3.61. The number of hydrogen-bond donors (Lipinski definition) is 2. The lowest BCUT2D eigenvalue weighted by molar-refractivity contribution is 0.607. The van der Waals surface area contributed by atoms with Crippen molar-refractivity contribution in [1.82, 2.24) is 19.1 Å². The Morgan fingerprint density at radius 2 is 1.85 bits per heavy atom. The predicted molar refractivity (Wildman–Crippen MR) is 131 cm³/mol. The topological polar surface area (TPSA) is 102 Å². The molecule has 3 aromatic heterocycles. The number of anilines is 1. The van der Waals surface area contributed by atoms with Crippen LogP contribution in [0.5, 0.6) is 0 Å². The molecule has 0 aliphatic rings. The number of H-pyrrole nitrogens is 1. The van der Waals surface area contributed by atoms with Crippen LogP contribution in [0.3, 0.4) is 0 Å². The van der Waals surface area contributed by atoms with Crippen molar-refractivity contribution < 1.29 is 8.42 Å². The van der Waals surface area contributed by atoms with Crippen LogP contribution in [0.4, 0.5) is 5.69 Å². The van der Waals surface area contributed by atoms with Crippen LogP contribution in [-0.4, -0.2) is 33.8 Å². The van der Waals surface area contributed by atoms with Crippen LogP contribution >= 0.6 is 0 Å². The van der Waals surface area contributed by atoms with Crippen LogP contribution in [0.2, 0.25) is 0 Å². The molecule has 5 rings (SSSR count). The fourth-order valence-electron chi connectivity index (χ4n) is 4.21. The molecular weight excluding hydrogens is 438 g/mol. The van der Waals surface area contributed by atoms with Gasteiger partial charge in [0.15, 0.2) is 0 Å². The Morgan fingerprint density at radius 3 is 2.58 bits per heavy atom. The minimum absolute atomic E-state index is 0.179. The molecular formula is C24H23N5O3S. The van der Waals surface area contributed by atoms with Gasteiger partial charge in [-0.3, -0.25) is 9.52 Å². The number of nitrogens with one attached hydrogen (secondary N) is 2. The first-order valence-electron chi connectivity index (χ1n) is 10.4. The van der Waals surface area contributed by atoms with Crippen LogP contribution in [-0.2, 0) is 23.6 Å². The Labute approximate surface area is 190 Å². The number of pyridine rings is 1. The van der Waals surface area contributed by atoms with Crippen molar-refractivity contribution in [2.24, 2.45) is 7.05 Å². The second kappa shape index (κ2) is 7.63. The maximum Gasteiger partial charge on any atom is 0.272 e. The van der Waals surface area contributed by atoms with Gasteiger partial charge in [-0.2, -0.15) is 0 Å². The van der Waals surface area contributed by atoms with Crippen molar-refractivity contribution in [2.75, 3.05) is 11.0 Å². The fraction of sp³-hybridized carbons (Fsp3) is 0.167. The lowest BCUT2D eigenvalue weighted by Gasteiger charge is -2.10. The summed E-state index contributed by atoms with van der Waals surface area (Å²) in [6.45, 7) is 2.58. The number of fused-ring (bicyclic) bond motifs is 2. The number of aromatic amines is 1. The summed E-state index contributed by atoms with van der Waals surface area (Å²) in [5, 5.41) is 0.777. The van der Waals surface area contributed by atoms with E-state index < -0.39 is 10.0 Å². The normalized spacial score (nSPS) is 12.0. The van der Waals surface area contributed by atoms with Crippen molar-refractivity contribution in [2.45, 2.75) is 13.5 Å². The van der Waals surface area contributed by atoms with Gasteiger partial charge in [0.1, 0.15) is 16.9 Å². The van der Waals surface area contributed by atoms with Gasteiger partial charge >= 0.3 is 0 Å². The van der Waals surface area contributed by atoms with Gasteiger partial charge in [-0.05, 0) is 30.7 Å². The first-order valence-corrected chi connectivity index (χ1v) is 12.3. The molecule has 0 radical (unpaired) electrons. The van der Waals surface area contributed by atoms with Crippen molar-refractivity contribution in [3.63, 3.8) is 0 Å². The molecule has 0 fully saturated rings. The van der Waals surface area contributed by atoms with E-state index in [1.54, 1.807) is 22.9 Å². The zero-order chi connectivity index (χ0) is 23.3. The van der Waals surface area contributed by atoms with Gasteiger partial charge < -0.3 is 14.1 Å². The first kappa shape index (κ1) is 21.0. The van der Waals surface area contributed by atoms with Gasteiger partial charge in [-0.25, -0.2) is 13.4 Å². The maximum atomic E-state index is 12.5. The molecule has 2 N–H and O–H groups in total. The van der Waals surface area contributed by atoms with Crippen LogP contribution in [0.15, 0.2) is 65.7 Å². The Bertz CT molecular complexity index is 1680. The Balaban J connectivity index is 1.80. The highest BCUT2D eigenvalue weighted by Crippen LogP contribution is 2.34. The molecule has 0 aliphatic heterocycles. The maximum absolute atomic E-state index is 12.5. The third kappa shape index (κ3) is 3.80. The zero-order valence-electron chi connectivity index (χ0n) is 18.5. The standard InChI is InChI=1S/C24H23N5O3S/c1-15-7-9-16(10-8-15)13-29-20-6-4-5-19(27-33(3,31)32)21(20)26-23(29)18-14-28(2)22-17(18)11-12-25-24(22)30/h4-12,14,27H,13H2,1-3H3,(H,25,30).